The molecular formula is C15H12N4O2S. The number of nitrogens with one attached hydrogen (secondary N) is 1. The standard InChI is InChI=1S/C15H12N4O2S/c20-13(10-17-12-4-2-1-3-5-12)22-15-19-18-14(21-15)11-6-8-16-9-7-11/h1-9,17H,10H2. The van der Waals surface area contributed by atoms with Crippen molar-refractivity contribution in [3.05, 3.63) is 54.9 Å². The number of carbonyl (C=O) groups is 1. The molecule has 0 amide bonds. The number of nitrogens with zero attached hydrogens (tertiary/aromatic N) is 3. The van der Waals surface area contributed by atoms with Gasteiger partial charge in [0.25, 0.3) is 5.22 Å². The van der Waals surface area contributed by atoms with E-state index in [1.807, 2.05) is 30.3 Å². The third kappa shape index (κ3) is 3.70. The van der Waals surface area contributed by atoms with Crippen molar-refractivity contribution >= 4 is 22.6 Å². The van der Waals surface area contributed by atoms with E-state index >= 15 is 0 Å². The number of benzene rings is 1. The summed E-state index contributed by atoms with van der Waals surface area (Å²) >= 11 is 0.921. The number of hydrogen-bond donors (Lipinski definition) is 1. The molecule has 0 fully saturated rings. The number of pyridine rings is 1. The summed E-state index contributed by atoms with van der Waals surface area (Å²) in [5, 5.41) is 10.9. The number of para-hydroxylation sites is 1. The molecule has 22 heavy (non-hydrogen) atoms. The van der Waals surface area contributed by atoms with Crippen LogP contribution in [0.1, 0.15) is 0 Å². The zero-order chi connectivity index (χ0) is 15.2. The molecule has 0 bridgehead atoms. The van der Waals surface area contributed by atoms with Crippen molar-refractivity contribution in [3.63, 3.8) is 0 Å². The Morgan fingerprint density at radius 2 is 1.86 bits per heavy atom. The lowest BCUT2D eigenvalue weighted by molar-refractivity contribution is -0.109. The van der Waals surface area contributed by atoms with E-state index in [9.17, 15) is 4.79 Å². The SMILES string of the molecule is O=C(CNc1ccccc1)Sc1nnc(-c2ccncc2)o1. The fraction of sp³-hybridized carbons (Fsp3) is 0.0667. The van der Waals surface area contributed by atoms with Crippen LogP contribution in [-0.2, 0) is 4.79 Å². The Morgan fingerprint density at radius 3 is 2.64 bits per heavy atom. The quantitative estimate of drug-likeness (QED) is 0.725. The van der Waals surface area contributed by atoms with Crippen LogP contribution >= 0.6 is 11.8 Å². The van der Waals surface area contributed by atoms with Gasteiger partial charge < -0.3 is 9.73 Å². The summed E-state index contributed by atoms with van der Waals surface area (Å²) < 4.78 is 5.46. The summed E-state index contributed by atoms with van der Waals surface area (Å²) in [7, 11) is 0. The van der Waals surface area contributed by atoms with Crippen molar-refractivity contribution in [1.82, 2.24) is 15.2 Å². The molecule has 2 aromatic heterocycles. The minimum Gasteiger partial charge on any atom is -0.411 e. The lowest BCUT2D eigenvalue weighted by Gasteiger charge is -2.03. The van der Waals surface area contributed by atoms with Crippen molar-refractivity contribution in [2.75, 3.05) is 11.9 Å². The van der Waals surface area contributed by atoms with Crippen LogP contribution < -0.4 is 5.32 Å². The maximum Gasteiger partial charge on any atom is 0.284 e. The minimum atomic E-state index is -0.103. The number of aromatic nitrogens is 3. The summed E-state index contributed by atoms with van der Waals surface area (Å²) in [4.78, 5) is 15.8. The molecule has 0 aliphatic rings. The van der Waals surface area contributed by atoms with Crippen LogP contribution in [-0.4, -0.2) is 26.8 Å². The van der Waals surface area contributed by atoms with Gasteiger partial charge in [-0.05, 0) is 24.3 Å². The lowest BCUT2D eigenvalue weighted by atomic mass is 10.3. The summed E-state index contributed by atoms with van der Waals surface area (Å²) in [6.45, 7) is 0.182. The smallest absolute Gasteiger partial charge is 0.284 e. The van der Waals surface area contributed by atoms with Crippen LogP contribution in [0.4, 0.5) is 5.69 Å². The molecule has 0 radical (unpaired) electrons. The fourth-order valence-corrected chi connectivity index (χ4v) is 2.27. The molecule has 0 spiro atoms. The number of rotatable bonds is 5. The van der Waals surface area contributed by atoms with E-state index in [1.54, 1.807) is 24.5 Å². The van der Waals surface area contributed by atoms with Gasteiger partial charge >= 0.3 is 0 Å². The highest BCUT2D eigenvalue weighted by Crippen LogP contribution is 2.23. The Kier molecular flexibility index (Phi) is 4.45. The van der Waals surface area contributed by atoms with E-state index in [-0.39, 0.29) is 16.9 Å². The van der Waals surface area contributed by atoms with Gasteiger partial charge in [0.1, 0.15) is 0 Å². The van der Waals surface area contributed by atoms with Crippen molar-refractivity contribution in [1.29, 1.82) is 0 Å². The molecule has 1 N–H and O–H groups in total. The van der Waals surface area contributed by atoms with Crippen molar-refractivity contribution in [2.24, 2.45) is 0 Å². The Labute approximate surface area is 131 Å². The molecule has 3 rings (SSSR count). The van der Waals surface area contributed by atoms with Crippen LogP contribution in [0.15, 0.2) is 64.5 Å². The molecule has 0 aliphatic carbocycles. The molecular weight excluding hydrogens is 300 g/mol. The van der Waals surface area contributed by atoms with Crippen LogP contribution in [0.25, 0.3) is 11.5 Å². The van der Waals surface area contributed by atoms with Crippen LogP contribution in [0.3, 0.4) is 0 Å². The summed E-state index contributed by atoms with van der Waals surface area (Å²) in [6.07, 6.45) is 3.28. The van der Waals surface area contributed by atoms with Crippen LogP contribution in [0.2, 0.25) is 0 Å². The molecule has 0 saturated heterocycles. The van der Waals surface area contributed by atoms with Crippen molar-refractivity contribution < 1.29 is 9.21 Å². The molecule has 2 heterocycles. The fourth-order valence-electron chi connectivity index (χ4n) is 1.73. The molecule has 110 valence electrons. The monoisotopic (exact) mass is 312 g/mol. The molecule has 6 nitrogen and oxygen atoms in total. The molecule has 0 saturated carbocycles. The van der Waals surface area contributed by atoms with Gasteiger partial charge in [-0.1, -0.05) is 18.2 Å². The van der Waals surface area contributed by atoms with Gasteiger partial charge in [-0.2, -0.15) is 0 Å². The van der Waals surface area contributed by atoms with E-state index in [4.69, 9.17) is 4.42 Å². The average Bonchev–Trinajstić information content (AvgIpc) is 3.03. The van der Waals surface area contributed by atoms with Crippen molar-refractivity contribution in [3.8, 4) is 11.5 Å². The highest BCUT2D eigenvalue weighted by Gasteiger charge is 2.13. The van der Waals surface area contributed by atoms with E-state index in [1.165, 1.54) is 0 Å². The number of carbonyl (C=O) groups excluding carboxylic acids is 1. The van der Waals surface area contributed by atoms with Gasteiger partial charge in [-0.25, -0.2) is 0 Å². The summed E-state index contributed by atoms with van der Waals surface area (Å²) in [5.41, 5.74) is 1.66. The van der Waals surface area contributed by atoms with Crippen LogP contribution in [0, 0.1) is 0 Å². The second-order valence-corrected chi connectivity index (χ2v) is 5.31. The summed E-state index contributed by atoms with van der Waals surface area (Å²) in [5.74, 6) is 0.369. The maximum absolute atomic E-state index is 11.9. The van der Waals surface area contributed by atoms with Crippen molar-refractivity contribution in [2.45, 2.75) is 5.22 Å². The first-order valence-corrected chi connectivity index (χ1v) is 7.36. The van der Waals surface area contributed by atoms with E-state index in [2.05, 4.69) is 20.5 Å². The predicted molar refractivity (Wildman–Crippen MR) is 83.3 cm³/mol. The number of hydrogen-bond acceptors (Lipinski definition) is 7. The normalized spacial score (nSPS) is 10.4. The Morgan fingerprint density at radius 1 is 1.09 bits per heavy atom. The van der Waals surface area contributed by atoms with E-state index in [0.29, 0.717) is 5.89 Å². The van der Waals surface area contributed by atoms with Gasteiger partial charge in [-0.15, -0.1) is 10.2 Å². The maximum atomic E-state index is 11.9. The number of anilines is 1. The first kappa shape index (κ1) is 14.3. The second-order valence-electron chi connectivity index (χ2n) is 4.30. The molecule has 0 unspecified atom stereocenters. The largest absolute Gasteiger partial charge is 0.411 e. The van der Waals surface area contributed by atoms with Gasteiger partial charge in [-0.3, -0.25) is 9.78 Å². The third-order valence-corrected chi connectivity index (χ3v) is 3.46. The molecule has 7 heteroatoms. The van der Waals surface area contributed by atoms with E-state index < -0.39 is 0 Å². The first-order valence-electron chi connectivity index (χ1n) is 6.55. The Bertz CT molecular complexity index is 747. The average molecular weight is 312 g/mol. The van der Waals surface area contributed by atoms with Crippen LogP contribution in [0.5, 0.6) is 0 Å². The highest BCUT2D eigenvalue weighted by molar-refractivity contribution is 8.13. The molecule has 3 aromatic rings. The first-order chi connectivity index (χ1) is 10.8. The Balaban J connectivity index is 1.57. The third-order valence-electron chi connectivity index (χ3n) is 2.75. The molecule has 1 aromatic carbocycles. The summed E-state index contributed by atoms with van der Waals surface area (Å²) in [6, 6.07) is 13.0. The Hall–Kier alpha value is -2.67. The molecule has 0 aliphatic heterocycles. The predicted octanol–water partition coefficient (Wildman–Crippen LogP) is 2.86. The van der Waals surface area contributed by atoms with Gasteiger partial charge in [0.2, 0.25) is 11.0 Å². The van der Waals surface area contributed by atoms with Gasteiger partial charge in [0.05, 0.1) is 6.54 Å². The molecule has 0 atom stereocenters. The number of thioether (sulfide) groups is 1. The van der Waals surface area contributed by atoms with E-state index in [0.717, 1.165) is 23.0 Å². The second kappa shape index (κ2) is 6.86. The zero-order valence-electron chi connectivity index (χ0n) is 11.5. The highest BCUT2D eigenvalue weighted by atomic mass is 32.2. The van der Waals surface area contributed by atoms with Gasteiger partial charge in [0.15, 0.2) is 0 Å². The topological polar surface area (TPSA) is 80.9 Å². The van der Waals surface area contributed by atoms with Gasteiger partial charge in [0, 0.05) is 35.4 Å². The lowest BCUT2D eigenvalue weighted by Crippen LogP contribution is -2.10. The minimum absolute atomic E-state index is 0.103. The zero-order valence-corrected chi connectivity index (χ0v) is 12.3.